The minimum absolute atomic E-state index is 0.185. The summed E-state index contributed by atoms with van der Waals surface area (Å²) in [6.07, 6.45) is 3.37. The summed E-state index contributed by atoms with van der Waals surface area (Å²) < 4.78 is 1.62. The number of aryl methyl sites for hydroxylation is 2. The Bertz CT molecular complexity index is 572. The lowest BCUT2D eigenvalue weighted by atomic mass is 9.71. The molecular weight excluding hydrogens is 256 g/mol. The molecule has 1 aromatic rings. The molecule has 1 heterocycles. The van der Waals surface area contributed by atoms with Gasteiger partial charge in [-0.1, -0.05) is 12.8 Å². The van der Waals surface area contributed by atoms with Crippen LogP contribution in [0.1, 0.15) is 43.9 Å². The van der Waals surface area contributed by atoms with E-state index in [1.165, 1.54) is 0 Å². The van der Waals surface area contributed by atoms with Crippen molar-refractivity contribution in [2.75, 3.05) is 5.32 Å². The van der Waals surface area contributed by atoms with E-state index in [0.29, 0.717) is 23.5 Å². The van der Waals surface area contributed by atoms with Gasteiger partial charge >= 0.3 is 5.97 Å². The van der Waals surface area contributed by atoms with Crippen LogP contribution in [0.25, 0.3) is 0 Å². The number of nitriles is 1. The molecule has 0 amide bonds. The molecule has 0 spiro atoms. The largest absolute Gasteiger partial charge is 0.481 e. The van der Waals surface area contributed by atoms with Crippen molar-refractivity contribution in [2.24, 2.45) is 12.5 Å². The first kappa shape index (κ1) is 14.4. The van der Waals surface area contributed by atoms with Crippen LogP contribution in [0.15, 0.2) is 0 Å². The summed E-state index contributed by atoms with van der Waals surface area (Å²) >= 11 is 0. The highest BCUT2D eigenvalue weighted by Crippen LogP contribution is 2.38. The molecule has 2 unspecified atom stereocenters. The Morgan fingerprint density at radius 1 is 1.60 bits per heavy atom. The molecule has 0 radical (unpaired) electrons. The van der Waals surface area contributed by atoms with Gasteiger partial charge in [-0.15, -0.1) is 0 Å². The van der Waals surface area contributed by atoms with Gasteiger partial charge in [0.15, 0.2) is 0 Å². The highest BCUT2D eigenvalue weighted by atomic mass is 16.4. The molecule has 1 saturated carbocycles. The van der Waals surface area contributed by atoms with Crippen molar-refractivity contribution in [3.8, 4) is 6.07 Å². The number of hydrogen-bond donors (Lipinski definition) is 2. The SMILES string of the molecule is Cc1nn(C)c(NC2CCCCC2(C)C(=O)O)c1C#N. The molecule has 6 nitrogen and oxygen atoms in total. The lowest BCUT2D eigenvalue weighted by Crippen LogP contribution is -2.47. The first-order valence-electron chi connectivity index (χ1n) is 6.83. The van der Waals surface area contributed by atoms with Gasteiger partial charge in [0, 0.05) is 13.1 Å². The predicted molar refractivity (Wildman–Crippen MR) is 74.3 cm³/mol. The fourth-order valence-corrected chi connectivity index (χ4v) is 2.94. The van der Waals surface area contributed by atoms with Crippen LogP contribution in [-0.2, 0) is 11.8 Å². The van der Waals surface area contributed by atoms with E-state index in [4.69, 9.17) is 0 Å². The van der Waals surface area contributed by atoms with E-state index in [1.807, 2.05) is 0 Å². The number of carbonyl (C=O) groups is 1. The Hall–Kier alpha value is -2.03. The van der Waals surface area contributed by atoms with Gasteiger partial charge in [-0.2, -0.15) is 10.4 Å². The standard InChI is InChI=1S/C14H20N4O2/c1-9-10(8-15)12(18(3)17-9)16-11-6-4-5-7-14(11,2)13(19)20/h11,16H,4-7H2,1-3H3,(H,19,20). The summed E-state index contributed by atoms with van der Waals surface area (Å²) in [5.41, 5.74) is 0.347. The van der Waals surface area contributed by atoms with Crippen LogP contribution >= 0.6 is 0 Å². The molecule has 0 aliphatic heterocycles. The van der Waals surface area contributed by atoms with Crippen LogP contribution in [0, 0.1) is 23.7 Å². The van der Waals surface area contributed by atoms with Crippen molar-refractivity contribution in [2.45, 2.75) is 45.6 Å². The number of rotatable bonds is 3. The molecule has 2 N–H and O–H groups in total. The van der Waals surface area contributed by atoms with E-state index >= 15 is 0 Å². The predicted octanol–water partition coefficient (Wildman–Crippen LogP) is 2.05. The second-order valence-electron chi connectivity index (χ2n) is 5.71. The Kier molecular flexibility index (Phi) is 3.71. The molecule has 0 saturated heterocycles. The number of anilines is 1. The number of aliphatic carboxylic acids is 1. The first-order chi connectivity index (χ1) is 9.40. The maximum Gasteiger partial charge on any atom is 0.311 e. The van der Waals surface area contributed by atoms with E-state index in [0.717, 1.165) is 19.3 Å². The van der Waals surface area contributed by atoms with Crippen molar-refractivity contribution in [1.82, 2.24) is 9.78 Å². The average Bonchev–Trinajstić information content (AvgIpc) is 2.66. The topological polar surface area (TPSA) is 90.9 Å². The van der Waals surface area contributed by atoms with E-state index in [1.54, 1.807) is 25.6 Å². The van der Waals surface area contributed by atoms with E-state index < -0.39 is 11.4 Å². The molecule has 2 rings (SSSR count). The quantitative estimate of drug-likeness (QED) is 0.881. The molecule has 0 bridgehead atoms. The van der Waals surface area contributed by atoms with Gasteiger partial charge in [-0.3, -0.25) is 9.48 Å². The zero-order valence-corrected chi connectivity index (χ0v) is 12.1. The number of carboxylic acid groups (broad SMARTS) is 1. The third kappa shape index (κ3) is 2.24. The zero-order valence-electron chi connectivity index (χ0n) is 12.1. The minimum Gasteiger partial charge on any atom is -0.481 e. The van der Waals surface area contributed by atoms with Gasteiger partial charge in [0.05, 0.1) is 11.1 Å². The molecule has 108 valence electrons. The maximum absolute atomic E-state index is 11.6. The number of nitrogens with one attached hydrogen (secondary N) is 1. The third-order valence-electron chi connectivity index (χ3n) is 4.34. The van der Waals surface area contributed by atoms with Gasteiger partial charge in [0.2, 0.25) is 0 Å². The summed E-state index contributed by atoms with van der Waals surface area (Å²) in [5, 5.41) is 26.2. The second-order valence-corrected chi connectivity index (χ2v) is 5.71. The summed E-state index contributed by atoms with van der Waals surface area (Å²) in [6.45, 7) is 3.56. The monoisotopic (exact) mass is 276 g/mol. The Morgan fingerprint density at radius 2 is 2.30 bits per heavy atom. The van der Waals surface area contributed by atoms with E-state index in [2.05, 4.69) is 16.5 Å². The van der Waals surface area contributed by atoms with Gasteiger partial charge in [-0.25, -0.2) is 0 Å². The van der Waals surface area contributed by atoms with Crippen molar-refractivity contribution in [1.29, 1.82) is 5.26 Å². The van der Waals surface area contributed by atoms with Crippen molar-refractivity contribution < 1.29 is 9.90 Å². The molecule has 1 aliphatic carbocycles. The number of nitrogens with zero attached hydrogens (tertiary/aromatic N) is 3. The fraction of sp³-hybridized carbons (Fsp3) is 0.643. The summed E-state index contributed by atoms with van der Waals surface area (Å²) in [4.78, 5) is 11.6. The van der Waals surface area contributed by atoms with Crippen molar-refractivity contribution in [3.63, 3.8) is 0 Å². The van der Waals surface area contributed by atoms with Gasteiger partial charge in [0.25, 0.3) is 0 Å². The molecule has 20 heavy (non-hydrogen) atoms. The summed E-state index contributed by atoms with van der Waals surface area (Å²) in [5.74, 6) is -0.170. The van der Waals surface area contributed by atoms with Crippen LogP contribution in [0.4, 0.5) is 5.82 Å². The number of hydrogen-bond acceptors (Lipinski definition) is 4. The molecule has 0 aromatic carbocycles. The molecule has 1 aliphatic rings. The Morgan fingerprint density at radius 3 is 2.90 bits per heavy atom. The second kappa shape index (κ2) is 5.16. The smallest absolute Gasteiger partial charge is 0.311 e. The van der Waals surface area contributed by atoms with Crippen LogP contribution in [-0.4, -0.2) is 26.9 Å². The molecule has 2 atom stereocenters. The third-order valence-corrected chi connectivity index (χ3v) is 4.34. The molecule has 1 aromatic heterocycles. The summed E-state index contributed by atoms with van der Waals surface area (Å²) in [7, 11) is 1.76. The number of carboxylic acids is 1. The van der Waals surface area contributed by atoms with Gasteiger partial charge in [-0.05, 0) is 26.7 Å². The van der Waals surface area contributed by atoms with E-state index in [-0.39, 0.29) is 6.04 Å². The van der Waals surface area contributed by atoms with Crippen LogP contribution in [0.5, 0.6) is 0 Å². The lowest BCUT2D eigenvalue weighted by molar-refractivity contribution is -0.150. The van der Waals surface area contributed by atoms with E-state index in [9.17, 15) is 15.2 Å². The zero-order chi connectivity index (χ0) is 14.9. The van der Waals surface area contributed by atoms with Gasteiger partial charge in [0.1, 0.15) is 17.5 Å². The normalized spacial score (nSPS) is 26.0. The molecule has 1 fully saturated rings. The van der Waals surface area contributed by atoms with Crippen molar-refractivity contribution in [3.05, 3.63) is 11.3 Å². The minimum atomic E-state index is -0.802. The molecular formula is C14H20N4O2. The Balaban J connectivity index is 2.33. The van der Waals surface area contributed by atoms with Gasteiger partial charge < -0.3 is 10.4 Å². The first-order valence-corrected chi connectivity index (χ1v) is 6.83. The highest BCUT2D eigenvalue weighted by molar-refractivity contribution is 5.76. The summed E-state index contributed by atoms with van der Waals surface area (Å²) in [6, 6.07) is 1.95. The maximum atomic E-state index is 11.6. The van der Waals surface area contributed by atoms with Crippen LogP contribution < -0.4 is 5.32 Å². The lowest BCUT2D eigenvalue weighted by Gasteiger charge is -2.38. The molecule has 6 heteroatoms. The van der Waals surface area contributed by atoms with Crippen LogP contribution in [0.3, 0.4) is 0 Å². The average molecular weight is 276 g/mol. The van der Waals surface area contributed by atoms with Crippen LogP contribution in [0.2, 0.25) is 0 Å². The van der Waals surface area contributed by atoms with Crippen molar-refractivity contribution >= 4 is 11.8 Å². The highest BCUT2D eigenvalue weighted by Gasteiger charge is 2.43. The number of aromatic nitrogens is 2. The Labute approximate surface area is 118 Å². The fourth-order valence-electron chi connectivity index (χ4n) is 2.94.